The minimum absolute atomic E-state index is 0.0216. The third-order valence-corrected chi connectivity index (χ3v) is 8.62. The molecule has 0 aromatic heterocycles. The maximum absolute atomic E-state index is 11.5. The molecular formula is C27H46O5. The second-order valence-electron chi connectivity index (χ2n) is 10.9. The summed E-state index contributed by atoms with van der Waals surface area (Å²) in [7, 11) is 0. The molecular weight excluding hydrogens is 404 g/mol. The number of carbonyl (C=O) groups excluding carboxylic acids is 1. The van der Waals surface area contributed by atoms with Crippen molar-refractivity contribution in [1.29, 1.82) is 0 Å². The Balaban J connectivity index is 1.40. The fourth-order valence-corrected chi connectivity index (χ4v) is 6.79. The first-order valence-corrected chi connectivity index (χ1v) is 13.7. The van der Waals surface area contributed by atoms with Gasteiger partial charge in [0.15, 0.2) is 12.6 Å². The van der Waals surface area contributed by atoms with Crippen molar-refractivity contribution in [2.45, 2.75) is 128 Å². The Morgan fingerprint density at radius 2 is 1.56 bits per heavy atom. The smallest absolute Gasteiger partial charge is 0.157 e. The van der Waals surface area contributed by atoms with E-state index in [1.165, 1.54) is 44.9 Å². The van der Waals surface area contributed by atoms with Gasteiger partial charge in [0, 0.05) is 19.6 Å². The third-order valence-electron chi connectivity index (χ3n) is 8.62. The van der Waals surface area contributed by atoms with Gasteiger partial charge in [-0.15, -0.1) is 0 Å². The molecule has 5 heteroatoms. The quantitative estimate of drug-likeness (QED) is 0.380. The van der Waals surface area contributed by atoms with Crippen molar-refractivity contribution < 1.29 is 23.7 Å². The van der Waals surface area contributed by atoms with Gasteiger partial charge in [0.2, 0.25) is 0 Å². The van der Waals surface area contributed by atoms with Gasteiger partial charge in [-0.25, -0.2) is 0 Å². The second kappa shape index (κ2) is 12.8. The summed E-state index contributed by atoms with van der Waals surface area (Å²) in [6, 6.07) is 0. The van der Waals surface area contributed by atoms with Gasteiger partial charge in [-0.05, 0) is 94.3 Å². The molecule has 0 N–H and O–H groups in total. The molecule has 4 rings (SSSR count). The van der Waals surface area contributed by atoms with E-state index in [2.05, 4.69) is 6.92 Å². The van der Waals surface area contributed by atoms with E-state index in [1.54, 1.807) is 0 Å². The summed E-state index contributed by atoms with van der Waals surface area (Å²) in [6.45, 7) is 3.95. The summed E-state index contributed by atoms with van der Waals surface area (Å²) in [5.74, 6) is 2.01. The predicted octanol–water partition coefficient (Wildman–Crippen LogP) is 6.03. The van der Waals surface area contributed by atoms with E-state index in [0.29, 0.717) is 30.1 Å². The molecule has 2 saturated heterocycles. The summed E-state index contributed by atoms with van der Waals surface area (Å²) in [4.78, 5) is 11.5. The van der Waals surface area contributed by atoms with Crippen LogP contribution in [-0.4, -0.2) is 44.3 Å². The Morgan fingerprint density at radius 3 is 2.22 bits per heavy atom. The molecule has 2 aliphatic carbocycles. The summed E-state index contributed by atoms with van der Waals surface area (Å²) in [6.07, 6.45) is 18.7. The highest BCUT2D eigenvalue weighted by molar-refractivity contribution is 5.50. The Kier molecular flexibility index (Phi) is 9.87. The Hall–Kier alpha value is -0.490. The lowest BCUT2D eigenvalue weighted by Crippen LogP contribution is -2.35. The number of ether oxygens (including phenoxy) is 4. The largest absolute Gasteiger partial charge is 0.353 e. The molecule has 2 saturated carbocycles. The molecule has 0 bridgehead atoms. The first-order valence-electron chi connectivity index (χ1n) is 13.7. The first-order chi connectivity index (χ1) is 15.7. The van der Waals surface area contributed by atoms with Crippen LogP contribution >= 0.6 is 0 Å². The zero-order valence-electron chi connectivity index (χ0n) is 20.3. The molecule has 2 unspecified atom stereocenters. The standard InChI is InChI=1S/C27H46O5/c1-20-19-25(32-27-12-6-8-18-30-27)23(22(20)15-16-28)13-14-24(21-9-3-2-4-10-21)31-26-11-5-7-17-29-26/h16,20-27H,2-15,17-19H2,1H3/t20-,22-,23+,24+,25+,26?,27?/m0/s1. The summed E-state index contributed by atoms with van der Waals surface area (Å²) in [5.41, 5.74) is 0. The Morgan fingerprint density at radius 1 is 0.875 bits per heavy atom. The van der Waals surface area contributed by atoms with Gasteiger partial charge >= 0.3 is 0 Å². The van der Waals surface area contributed by atoms with E-state index < -0.39 is 0 Å². The number of hydrogen-bond donors (Lipinski definition) is 0. The molecule has 7 atom stereocenters. The van der Waals surface area contributed by atoms with Crippen molar-refractivity contribution in [3.8, 4) is 0 Å². The zero-order chi connectivity index (χ0) is 22.2. The Bertz CT molecular complexity index is 536. The lowest BCUT2D eigenvalue weighted by molar-refractivity contribution is -0.207. The van der Waals surface area contributed by atoms with Crippen LogP contribution < -0.4 is 0 Å². The summed E-state index contributed by atoms with van der Waals surface area (Å²) in [5, 5.41) is 0. The number of rotatable bonds is 10. The third kappa shape index (κ3) is 6.77. The molecule has 32 heavy (non-hydrogen) atoms. The summed E-state index contributed by atoms with van der Waals surface area (Å²) >= 11 is 0. The van der Waals surface area contributed by atoms with E-state index in [0.717, 1.165) is 64.4 Å². The van der Waals surface area contributed by atoms with Gasteiger partial charge in [0.05, 0.1) is 12.2 Å². The number of carbonyl (C=O) groups is 1. The van der Waals surface area contributed by atoms with Crippen LogP contribution in [0.3, 0.4) is 0 Å². The number of aldehydes is 1. The molecule has 5 nitrogen and oxygen atoms in total. The van der Waals surface area contributed by atoms with Crippen molar-refractivity contribution in [2.24, 2.45) is 23.7 Å². The Labute approximate surface area is 195 Å². The summed E-state index contributed by atoms with van der Waals surface area (Å²) < 4.78 is 25.0. The maximum Gasteiger partial charge on any atom is 0.157 e. The zero-order valence-corrected chi connectivity index (χ0v) is 20.3. The highest BCUT2D eigenvalue weighted by Crippen LogP contribution is 2.45. The van der Waals surface area contributed by atoms with Crippen LogP contribution in [-0.2, 0) is 23.7 Å². The molecule has 184 valence electrons. The second-order valence-corrected chi connectivity index (χ2v) is 10.9. The van der Waals surface area contributed by atoms with Crippen LogP contribution in [0.1, 0.15) is 103 Å². The molecule has 4 aliphatic rings. The normalized spacial score (nSPS) is 37.9. The predicted molar refractivity (Wildman–Crippen MR) is 124 cm³/mol. The van der Waals surface area contributed by atoms with Crippen molar-refractivity contribution in [3.05, 3.63) is 0 Å². The minimum atomic E-state index is -0.0561. The average Bonchev–Trinajstić information content (AvgIpc) is 3.12. The molecule has 4 fully saturated rings. The molecule has 0 aromatic rings. The maximum atomic E-state index is 11.5. The van der Waals surface area contributed by atoms with Gasteiger partial charge in [0.25, 0.3) is 0 Å². The lowest BCUT2D eigenvalue weighted by atomic mass is 9.80. The molecule has 0 amide bonds. The monoisotopic (exact) mass is 450 g/mol. The van der Waals surface area contributed by atoms with Gasteiger partial charge in [-0.1, -0.05) is 26.2 Å². The van der Waals surface area contributed by atoms with Crippen molar-refractivity contribution in [3.63, 3.8) is 0 Å². The molecule has 0 spiro atoms. The van der Waals surface area contributed by atoms with Crippen LogP contribution in [0.25, 0.3) is 0 Å². The molecule has 2 heterocycles. The van der Waals surface area contributed by atoms with E-state index in [1.807, 2.05) is 0 Å². The van der Waals surface area contributed by atoms with Gasteiger partial charge in [0.1, 0.15) is 6.29 Å². The van der Waals surface area contributed by atoms with Crippen LogP contribution in [0.5, 0.6) is 0 Å². The molecule has 2 aliphatic heterocycles. The van der Waals surface area contributed by atoms with Gasteiger partial charge < -0.3 is 23.7 Å². The van der Waals surface area contributed by atoms with Crippen LogP contribution in [0, 0.1) is 23.7 Å². The van der Waals surface area contributed by atoms with E-state index in [9.17, 15) is 4.79 Å². The van der Waals surface area contributed by atoms with Gasteiger partial charge in [-0.2, -0.15) is 0 Å². The lowest BCUT2D eigenvalue weighted by Gasteiger charge is -2.36. The van der Waals surface area contributed by atoms with E-state index >= 15 is 0 Å². The highest BCUT2D eigenvalue weighted by atomic mass is 16.7. The van der Waals surface area contributed by atoms with Crippen molar-refractivity contribution in [1.82, 2.24) is 0 Å². The molecule has 0 aromatic carbocycles. The fraction of sp³-hybridized carbons (Fsp3) is 0.963. The SMILES string of the molecule is C[C@H]1C[C@@H](OC2CCCCO2)[C@H](CC[C@@H](OC2CCCCO2)C2CCCCC2)[C@H]1CC=O. The van der Waals surface area contributed by atoms with Gasteiger partial charge in [-0.3, -0.25) is 0 Å². The fourth-order valence-electron chi connectivity index (χ4n) is 6.79. The average molecular weight is 451 g/mol. The van der Waals surface area contributed by atoms with E-state index in [4.69, 9.17) is 18.9 Å². The highest BCUT2D eigenvalue weighted by Gasteiger charge is 2.43. The van der Waals surface area contributed by atoms with Crippen LogP contribution in [0.2, 0.25) is 0 Å². The van der Waals surface area contributed by atoms with Crippen LogP contribution in [0.4, 0.5) is 0 Å². The molecule has 0 radical (unpaired) electrons. The van der Waals surface area contributed by atoms with E-state index in [-0.39, 0.29) is 24.8 Å². The topological polar surface area (TPSA) is 54.0 Å². The number of hydrogen-bond acceptors (Lipinski definition) is 5. The van der Waals surface area contributed by atoms with Crippen molar-refractivity contribution in [2.75, 3.05) is 13.2 Å². The van der Waals surface area contributed by atoms with Crippen LogP contribution in [0.15, 0.2) is 0 Å². The minimum Gasteiger partial charge on any atom is -0.353 e. The first kappa shape index (κ1) is 24.6. The van der Waals surface area contributed by atoms with Crippen molar-refractivity contribution >= 4 is 6.29 Å².